The standard InChI is InChI=1S/C16H26/c1-5-15(6-2-13(1)11-15)9-10-16-7-3-14(12-16)4-8-16/h13-14H,1-12H2. The third kappa shape index (κ3) is 1.41. The average Bonchev–Trinajstić information content (AvgIpc) is 3.07. The molecule has 0 aromatic rings. The summed E-state index contributed by atoms with van der Waals surface area (Å²) in [5, 5.41) is 0. The molecule has 0 aliphatic heterocycles. The van der Waals surface area contributed by atoms with E-state index in [-0.39, 0.29) is 0 Å². The van der Waals surface area contributed by atoms with Crippen LogP contribution in [0.25, 0.3) is 0 Å². The lowest BCUT2D eigenvalue weighted by molar-refractivity contribution is 0.185. The zero-order valence-corrected chi connectivity index (χ0v) is 10.6. The number of rotatable bonds is 3. The summed E-state index contributed by atoms with van der Waals surface area (Å²) in [5.74, 6) is 2.30. The summed E-state index contributed by atoms with van der Waals surface area (Å²) in [5.41, 5.74) is 1.72. The monoisotopic (exact) mass is 218 g/mol. The zero-order chi connectivity index (χ0) is 10.6. The van der Waals surface area contributed by atoms with E-state index < -0.39 is 0 Å². The predicted octanol–water partition coefficient (Wildman–Crippen LogP) is 4.93. The van der Waals surface area contributed by atoms with Gasteiger partial charge in [0.05, 0.1) is 0 Å². The van der Waals surface area contributed by atoms with Crippen LogP contribution in [0.5, 0.6) is 0 Å². The van der Waals surface area contributed by atoms with Crippen LogP contribution in [0.2, 0.25) is 0 Å². The highest BCUT2D eigenvalue weighted by Gasteiger charge is 2.48. The highest BCUT2D eigenvalue weighted by Crippen LogP contribution is 2.61. The Bertz CT molecular complexity index is 244. The Morgan fingerprint density at radius 1 is 0.625 bits per heavy atom. The smallest absolute Gasteiger partial charge is 0.0294 e. The first-order valence-electron chi connectivity index (χ1n) is 7.78. The van der Waals surface area contributed by atoms with Gasteiger partial charge in [0.25, 0.3) is 0 Å². The van der Waals surface area contributed by atoms with Crippen molar-refractivity contribution in [3.63, 3.8) is 0 Å². The number of hydrogen-bond donors (Lipinski definition) is 0. The van der Waals surface area contributed by atoms with Gasteiger partial charge in [0.2, 0.25) is 0 Å². The molecule has 0 amide bonds. The Morgan fingerprint density at radius 2 is 1.00 bits per heavy atom. The molecule has 0 aromatic heterocycles. The predicted molar refractivity (Wildman–Crippen MR) is 67.3 cm³/mol. The second kappa shape index (κ2) is 3.27. The first-order chi connectivity index (χ1) is 7.78. The second-order valence-corrected chi connectivity index (χ2v) is 7.79. The molecule has 4 rings (SSSR count). The fraction of sp³-hybridized carbons (Fsp3) is 1.00. The summed E-state index contributed by atoms with van der Waals surface area (Å²) in [6.07, 6.45) is 19.1. The summed E-state index contributed by atoms with van der Waals surface area (Å²) in [6.45, 7) is 0. The molecule has 4 bridgehead atoms. The van der Waals surface area contributed by atoms with Crippen LogP contribution in [0.3, 0.4) is 0 Å². The quantitative estimate of drug-likeness (QED) is 0.630. The first-order valence-corrected chi connectivity index (χ1v) is 7.78. The van der Waals surface area contributed by atoms with Gasteiger partial charge in [0.15, 0.2) is 0 Å². The van der Waals surface area contributed by atoms with Crippen LogP contribution < -0.4 is 0 Å². The van der Waals surface area contributed by atoms with Gasteiger partial charge in [0, 0.05) is 0 Å². The summed E-state index contributed by atoms with van der Waals surface area (Å²) in [4.78, 5) is 0. The van der Waals surface area contributed by atoms with Gasteiger partial charge in [-0.3, -0.25) is 0 Å². The van der Waals surface area contributed by atoms with Crippen LogP contribution in [0.15, 0.2) is 0 Å². The maximum atomic E-state index is 1.62. The SMILES string of the molecule is C1CC2(CCC34CCC(CC3)C4)CCC1C2. The maximum absolute atomic E-state index is 1.62. The largest absolute Gasteiger partial charge is 0.0499 e. The molecule has 0 saturated heterocycles. The highest BCUT2D eigenvalue weighted by molar-refractivity contribution is 5.00. The third-order valence-electron chi connectivity index (χ3n) is 6.96. The van der Waals surface area contributed by atoms with Crippen LogP contribution in [-0.2, 0) is 0 Å². The van der Waals surface area contributed by atoms with E-state index in [9.17, 15) is 0 Å². The van der Waals surface area contributed by atoms with E-state index in [2.05, 4.69) is 0 Å². The Balaban J connectivity index is 1.42. The van der Waals surface area contributed by atoms with Gasteiger partial charge in [-0.15, -0.1) is 0 Å². The van der Waals surface area contributed by atoms with Gasteiger partial charge in [-0.1, -0.05) is 0 Å². The lowest BCUT2D eigenvalue weighted by Gasteiger charge is -2.33. The molecule has 4 fully saturated rings. The first kappa shape index (κ1) is 9.97. The van der Waals surface area contributed by atoms with Crippen molar-refractivity contribution in [2.45, 2.75) is 77.0 Å². The molecule has 4 aliphatic rings. The minimum absolute atomic E-state index is 0.861. The van der Waals surface area contributed by atoms with Crippen LogP contribution >= 0.6 is 0 Å². The maximum Gasteiger partial charge on any atom is -0.0294 e. The van der Waals surface area contributed by atoms with Gasteiger partial charge >= 0.3 is 0 Å². The van der Waals surface area contributed by atoms with Gasteiger partial charge in [0.1, 0.15) is 0 Å². The van der Waals surface area contributed by atoms with Crippen molar-refractivity contribution in [2.75, 3.05) is 0 Å². The van der Waals surface area contributed by atoms with E-state index in [0.29, 0.717) is 0 Å². The molecule has 0 N–H and O–H groups in total. The molecule has 0 heterocycles. The molecule has 0 unspecified atom stereocenters. The molecule has 0 atom stereocenters. The molecular weight excluding hydrogens is 192 g/mol. The van der Waals surface area contributed by atoms with E-state index in [1.165, 1.54) is 0 Å². The van der Waals surface area contributed by atoms with Crippen molar-refractivity contribution in [1.29, 1.82) is 0 Å². The number of hydrogen-bond acceptors (Lipinski definition) is 0. The Morgan fingerprint density at radius 3 is 1.25 bits per heavy atom. The molecule has 0 aromatic carbocycles. The average molecular weight is 218 g/mol. The van der Waals surface area contributed by atoms with Gasteiger partial charge in [-0.25, -0.2) is 0 Å². The minimum atomic E-state index is 0.861. The van der Waals surface area contributed by atoms with Crippen molar-refractivity contribution < 1.29 is 0 Å². The van der Waals surface area contributed by atoms with Crippen LogP contribution in [-0.4, -0.2) is 0 Å². The van der Waals surface area contributed by atoms with E-state index in [1.54, 1.807) is 77.0 Å². The van der Waals surface area contributed by atoms with E-state index >= 15 is 0 Å². The van der Waals surface area contributed by atoms with Crippen LogP contribution in [0, 0.1) is 22.7 Å². The summed E-state index contributed by atoms with van der Waals surface area (Å²) in [6, 6.07) is 0. The molecule has 16 heavy (non-hydrogen) atoms. The Hall–Kier alpha value is 0. The van der Waals surface area contributed by atoms with Crippen molar-refractivity contribution in [3.8, 4) is 0 Å². The summed E-state index contributed by atoms with van der Waals surface area (Å²) in [7, 11) is 0. The molecule has 0 heteroatoms. The van der Waals surface area contributed by atoms with Crippen molar-refractivity contribution >= 4 is 0 Å². The van der Waals surface area contributed by atoms with Crippen LogP contribution in [0.1, 0.15) is 77.0 Å². The van der Waals surface area contributed by atoms with Gasteiger partial charge in [-0.05, 0) is 99.7 Å². The van der Waals surface area contributed by atoms with E-state index in [0.717, 1.165) is 22.7 Å². The van der Waals surface area contributed by atoms with Gasteiger partial charge < -0.3 is 0 Å². The fourth-order valence-corrected chi connectivity index (χ4v) is 5.86. The Kier molecular flexibility index (Phi) is 2.04. The van der Waals surface area contributed by atoms with Crippen molar-refractivity contribution in [1.82, 2.24) is 0 Å². The molecular formula is C16H26. The molecule has 4 aliphatic carbocycles. The van der Waals surface area contributed by atoms with Gasteiger partial charge in [-0.2, -0.15) is 0 Å². The second-order valence-electron chi connectivity index (χ2n) is 7.79. The molecule has 0 spiro atoms. The molecule has 0 nitrogen and oxygen atoms in total. The lowest BCUT2D eigenvalue weighted by Crippen LogP contribution is -2.20. The Labute approximate surface area is 100 Å². The fourth-order valence-electron chi connectivity index (χ4n) is 5.86. The number of fused-ring (bicyclic) bond motifs is 4. The topological polar surface area (TPSA) is 0 Å². The van der Waals surface area contributed by atoms with E-state index in [1.807, 2.05) is 0 Å². The molecule has 90 valence electrons. The summed E-state index contributed by atoms with van der Waals surface area (Å²) >= 11 is 0. The van der Waals surface area contributed by atoms with Crippen molar-refractivity contribution in [2.24, 2.45) is 22.7 Å². The van der Waals surface area contributed by atoms with Crippen molar-refractivity contribution in [3.05, 3.63) is 0 Å². The zero-order valence-electron chi connectivity index (χ0n) is 10.6. The molecule has 4 saturated carbocycles. The highest BCUT2D eigenvalue weighted by atomic mass is 14.5. The van der Waals surface area contributed by atoms with E-state index in [4.69, 9.17) is 0 Å². The third-order valence-corrected chi connectivity index (χ3v) is 6.96. The summed E-state index contributed by atoms with van der Waals surface area (Å²) < 4.78 is 0. The lowest BCUT2D eigenvalue weighted by atomic mass is 9.72. The minimum Gasteiger partial charge on any atom is -0.0499 e. The van der Waals surface area contributed by atoms with Crippen LogP contribution in [0.4, 0.5) is 0 Å². The molecule has 0 radical (unpaired) electrons. The normalized spacial score (nSPS) is 54.0.